The van der Waals surface area contributed by atoms with Gasteiger partial charge in [0.1, 0.15) is 30.8 Å². The van der Waals surface area contributed by atoms with E-state index in [4.69, 9.17) is 4.74 Å². The third-order valence-electron chi connectivity index (χ3n) is 1.79. The van der Waals surface area contributed by atoms with Crippen molar-refractivity contribution in [3.05, 3.63) is 18.2 Å². The van der Waals surface area contributed by atoms with Crippen molar-refractivity contribution in [3.63, 3.8) is 0 Å². The summed E-state index contributed by atoms with van der Waals surface area (Å²) in [6.07, 6.45) is 2.94. The molecule has 5 nitrogen and oxygen atoms in total. The smallest absolute Gasteiger partial charge is 0.236 e. The van der Waals surface area contributed by atoms with Gasteiger partial charge < -0.3 is 4.74 Å². The highest BCUT2D eigenvalue weighted by atomic mass is 19.1. The van der Waals surface area contributed by atoms with Gasteiger partial charge in [-0.05, 0) is 6.92 Å². The number of halogens is 1. The number of hydrogen-bond acceptors (Lipinski definition) is 5. The summed E-state index contributed by atoms with van der Waals surface area (Å²) in [5.74, 6) is 0.329. The fourth-order valence-electron chi connectivity index (χ4n) is 1.15. The lowest BCUT2D eigenvalue weighted by Crippen LogP contribution is -2.04. The van der Waals surface area contributed by atoms with Crippen LogP contribution in [0, 0.1) is 6.92 Å². The predicted octanol–water partition coefficient (Wildman–Crippen LogP) is 1.08. The van der Waals surface area contributed by atoms with E-state index in [-0.39, 0.29) is 6.61 Å². The largest absolute Gasteiger partial charge is 0.474 e. The minimum Gasteiger partial charge on any atom is -0.474 e. The number of alkyl halides is 1. The van der Waals surface area contributed by atoms with Crippen LogP contribution in [0.1, 0.15) is 5.69 Å². The van der Waals surface area contributed by atoms with Crippen molar-refractivity contribution in [1.29, 1.82) is 0 Å². The summed E-state index contributed by atoms with van der Waals surface area (Å²) in [5, 5.41) is 0. The summed E-state index contributed by atoms with van der Waals surface area (Å²) in [6, 6.07) is 0. The van der Waals surface area contributed by atoms with Crippen LogP contribution in [0.15, 0.2) is 12.5 Å². The first kappa shape index (κ1) is 9.70. The zero-order valence-corrected chi connectivity index (χ0v) is 8.14. The molecule has 0 aliphatic heterocycles. The molecular formula is C9H9FN4O. The predicted molar refractivity (Wildman–Crippen MR) is 51.3 cm³/mol. The van der Waals surface area contributed by atoms with Gasteiger partial charge in [-0.15, -0.1) is 0 Å². The van der Waals surface area contributed by atoms with Crippen molar-refractivity contribution in [2.24, 2.45) is 0 Å². The Morgan fingerprint density at radius 3 is 3.07 bits per heavy atom. The van der Waals surface area contributed by atoms with Crippen molar-refractivity contribution in [1.82, 2.24) is 19.9 Å². The van der Waals surface area contributed by atoms with Gasteiger partial charge in [-0.2, -0.15) is 0 Å². The molecule has 2 rings (SSSR count). The average Bonchev–Trinajstić information content (AvgIpc) is 2.26. The van der Waals surface area contributed by atoms with E-state index >= 15 is 0 Å². The molecule has 0 atom stereocenters. The molecule has 0 aliphatic carbocycles. The van der Waals surface area contributed by atoms with E-state index in [0.29, 0.717) is 22.7 Å². The van der Waals surface area contributed by atoms with E-state index < -0.39 is 6.67 Å². The number of aromatic nitrogens is 4. The highest BCUT2D eigenvalue weighted by molar-refractivity contribution is 5.68. The Balaban J connectivity index is 2.43. The minimum atomic E-state index is -0.551. The summed E-state index contributed by atoms with van der Waals surface area (Å²) >= 11 is 0. The van der Waals surface area contributed by atoms with Crippen LogP contribution in [0.2, 0.25) is 0 Å². The lowest BCUT2D eigenvalue weighted by Gasteiger charge is -2.05. The van der Waals surface area contributed by atoms with Gasteiger partial charge in [-0.1, -0.05) is 0 Å². The van der Waals surface area contributed by atoms with Crippen molar-refractivity contribution in [3.8, 4) is 5.88 Å². The molecule has 2 aromatic rings. The Hall–Kier alpha value is -1.85. The van der Waals surface area contributed by atoms with E-state index in [2.05, 4.69) is 19.9 Å². The van der Waals surface area contributed by atoms with E-state index in [1.807, 2.05) is 0 Å². The first-order valence-corrected chi connectivity index (χ1v) is 4.44. The molecule has 0 N–H and O–H groups in total. The maximum absolute atomic E-state index is 11.9. The van der Waals surface area contributed by atoms with Gasteiger partial charge in [0, 0.05) is 0 Å². The summed E-state index contributed by atoms with van der Waals surface area (Å²) in [6.45, 7) is 1.17. The van der Waals surface area contributed by atoms with Crippen LogP contribution in [-0.4, -0.2) is 33.2 Å². The number of aryl methyl sites for hydroxylation is 1. The lowest BCUT2D eigenvalue weighted by molar-refractivity contribution is 0.262. The van der Waals surface area contributed by atoms with Gasteiger partial charge >= 0.3 is 0 Å². The molecule has 0 fully saturated rings. The SMILES string of the molecule is Cc1nc2ncncc2nc1OCCF. The summed E-state index contributed by atoms with van der Waals surface area (Å²) in [7, 11) is 0. The maximum Gasteiger partial charge on any atom is 0.236 e. The van der Waals surface area contributed by atoms with E-state index in [1.54, 1.807) is 6.92 Å². The highest BCUT2D eigenvalue weighted by Gasteiger charge is 2.06. The van der Waals surface area contributed by atoms with Gasteiger partial charge in [0.05, 0.1) is 6.20 Å². The Kier molecular flexibility index (Phi) is 2.66. The van der Waals surface area contributed by atoms with Crippen molar-refractivity contribution < 1.29 is 9.13 Å². The second-order valence-corrected chi connectivity index (χ2v) is 2.88. The van der Waals surface area contributed by atoms with Gasteiger partial charge in [-0.25, -0.2) is 24.3 Å². The average molecular weight is 208 g/mol. The van der Waals surface area contributed by atoms with Crippen LogP contribution in [0.5, 0.6) is 5.88 Å². The molecule has 0 bridgehead atoms. The molecule has 0 saturated heterocycles. The minimum absolute atomic E-state index is 0.0191. The molecule has 0 aliphatic rings. The second kappa shape index (κ2) is 4.12. The van der Waals surface area contributed by atoms with Gasteiger partial charge in [0.15, 0.2) is 5.65 Å². The monoisotopic (exact) mass is 208 g/mol. The maximum atomic E-state index is 11.9. The number of fused-ring (bicyclic) bond motifs is 1. The Morgan fingerprint density at radius 1 is 1.40 bits per heavy atom. The quantitative estimate of drug-likeness (QED) is 0.755. The van der Waals surface area contributed by atoms with Crippen LogP contribution < -0.4 is 4.74 Å². The van der Waals surface area contributed by atoms with E-state index in [0.717, 1.165) is 0 Å². The Morgan fingerprint density at radius 2 is 2.27 bits per heavy atom. The van der Waals surface area contributed by atoms with E-state index in [1.165, 1.54) is 12.5 Å². The van der Waals surface area contributed by atoms with Gasteiger partial charge in [-0.3, -0.25) is 0 Å². The lowest BCUT2D eigenvalue weighted by atomic mass is 10.4. The Bertz CT molecular complexity index is 477. The van der Waals surface area contributed by atoms with E-state index in [9.17, 15) is 4.39 Å². The first-order valence-electron chi connectivity index (χ1n) is 4.44. The second-order valence-electron chi connectivity index (χ2n) is 2.88. The normalized spacial score (nSPS) is 10.5. The van der Waals surface area contributed by atoms with Crippen LogP contribution >= 0.6 is 0 Å². The molecule has 0 unspecified atom stereocenters. The number of ether oxygens (including phenoxy) is 1. The van der Waals surface area contributed by atoms with Crippen LogP contribution in [0.3, 0.4) is 0 Å². The van der Waals surface area contributed by atoms with Crippen molar-refractivity contribution in [2.75, 3.05) is 13.3 Å². The molecule has 0 spiro atoms. The molecule has 0 aromatic carbocycles. The van der Waals surface area contributed by atoms with Crippen LogP contribution in [0.4, 0.5) is 4.39 Å². The van der Waals surface area contributed by atoms with Crippen LogP contribution in [-0.2, 0) is 0 Å². The van der Waals surface area contributed by atoms with Crippen molar-refractivity contribution in [2.45, 2.75) is 6.92 Å². The number of hydrogen-bond donors (Lipinski definition) is 0. The molecule has 78 valence electrons. The van der Waals surface area contributed by atoms with Gasteiger partial charge in [0.25, 0.3) is 0 Å². The fraction of sp³-hybridized carbons (Fsp3) is 0.333. The topological polar surface area (TPSA) is 60.8 Å². The number of rotatable bonds is 3. The van der Waals surface area contributed by atoms with Crippen LogP contribution in [0.25, 0.3) is 11.2 Å². The molecule has 6 heteroatoms. The molecule has 0 saturated carbocycles. The van der Waals surface area contributed by atoms with Gasteiger partial charge in [0.2, 0.25) is 5.88 Å². The fourth-order valence-corrected chi connectivity index (χ4v) is 1.15. The summed E-state index contributed by atoms with van der Waals surface area (Å²) in [5.41, 5.74) is 1.64. The molecule has 0 amide bonds. The highest BCUT2D eigenvalue weighted by Crippen LogP contribution is 2.15. The first-order chi connectivity index (χ1) is 7.31. The zero-order valence-electron chi connectivity index (χ0n) is 8.14. The number of nitrogens with zero attached hydrogens (tertiary/aromatic N) is 4. The third-order valence-corrected chi connectivity index (χ3v) is 1.79. The molecular weight excluding hydrogens is 199 g/mol. The van der Waals surface area contributed by atoms with Crippen molar-refractivity contribution >= 4 is 11.2 Å². The molecule has 2 heterocycles. The summed E-state index contributed by atoms with van der Waals surface area (Å²) in [4.78, 5) is 16.1. The summed E-state index contributed by atoms with van der Waals surface area (Å²) < 4.78 is 17.0. The zero-order chi connectivity index (χ0) is 10.7. The standard InChI is InChI=1S/C9H9FN4O/c1-6-9(15-3-2-10)14-7-4-11-5-12-8(7)13-6/h4-5H,2-3H2,1H3. The molecule has 15 heavy (non-hydrogen) atoms. The molecule has 0 radical (unpaired) electrons. The molecule has 2 aromatic heterocycles. The Labute approximate surface area is 85.4 Å². The third kappa shape index (κ3) is 1.98.